The van der Waals surface area contributed by atoms with E-state index < -0.39 is 6.10 Å². The lowest BCUT2D eigenvalue weighted by molar-refractivity contribution is -0.162. The molecule has 0 aromatic heterocycles. The average molecular weight is 811 g/mol. The lowest BCUT2D eigenvalue weighted by Crippen LogP contribution is -2.30. The van der Waals surface area contributed by atoms with Crippen LogP contribution in [0.2, 0.25) is 0 Å². The molecule has 0 aromatic rings. The summed E-state index contributed by atoms with van der Waals surface area (Å²) in [6, 6.07) is 0. The van der Waals surface area contributed by atoms with Crippen molar-refractivity contribution >= 4 is 11.9 Å². The number of allylic oxidation sites excluding steroid dienone is 10. The molecule has 0 rings (SSSR count). The van der Waals surface area contributed by atoms with E-state index in [2.05, 4.69) is 75.5 Å². The summed E-state index contributed by atoms with van der Waals surface area (Å²) < 4.78 is 17.3. The molecule has 0 bridgehead atoms. The quantitative estimate of drug-likeness (QED) is 0.0348. The zero-order valence-electron chi connectivity index (χ0n) is 38.6. The zero-order chi connectivity index (χ0) is 42.1. The van der Waals surface area contributed by atoms with Gasteiger partial charge in [-0.25, -0.2) is 0 Å². The van der Waals surface area contributed by atoms with Crippen molar-refractivity contribution in [3.8, 4) is 0 Å². The van der Waals surface area contributed by atoms with Gasteiger partial charge >= 0.3 is 11.9 Å². The van der Waals surface area contributed by atoms with Gasteiger partial charge in [-0.15, -0.1) is 0 Å². The van der Waals surface area contributed by atoms with Gasteiger partial charge in [-0.1, -0.05) is 216 Å². The molecule has 0 fully saturated rings. The van der Waals surface area contributed by atoms with Gasteiger partial charge < -0.3 is 14.2 Å². The number of hydrogen-bond donors (Lipinski definition) is 0. The summed E-state index contributed by atoms with van der Waals surface area (Å²) in [6.07, 6.45) is 60.9. The van der Waals surface area contributed by atoms with E-state index in [1.54, 1.807) is 0 Å². The topological polar surface area (TPSA) is 61.8 Å². The largest absolute Gasteiger partial charge is 0.462 e. The molecule has 0 aliphatic rings. The molecule has 1 atom stereocenters. The van der Waals surface area contributed by atoms with Crippen molar-refractivity contribution in [2.24, 2.45) is 0 Å². The highest BCUT2D eigenvalue weighted by Gasteiger charge is 2.17. The number of ether oxygens (including phenoxy) is 3. The van der Waals surface area contributed by atoms with E-state index in [1.807, 2.05) is 6.08 Å². The number of esters is 2. The van der Waals surface area contributed by atoms with E-state index in [9.17, 15) is 9.59 Å². The molecule has 0 radical (unpaired) electrons. The molecule has 336 valence electrons. The molecule has 0 saturated heterocycles. The van der Waals surface area contributed by atoms with E-state index in [0.29, 0.717) is 25.9 Å². The smallest absolute Gasteiger partial charge is 0.306 e. The molecule has 0 heterocycles. The van der Waals surface area contributed by atoms with Crippen LogP contribution < -0.4 is 0 Å². The minimum atomic E-state index is -0.574. The van der Waals surface area contributed by atoms with Gasteiger partial charge in [0, 0.05) is 19.4 Å². The van der Waals surface area contributed by atoms with Crippen LogP contribution in [0.4, 0.5) is 0 Å². The third-order valence-electron chi connectivity index (χ3n) is 10.6. The van der Waals surface area contributed by atoms with Crippen LogP contribution in [0, 0.1) is 0 Å². The van der Waals surface area contributed by atoms with Crippen LogP contribution in [-0.4, -0.2) is 37.9 Å². The van der Waals surface area contributed by atoms with Crippen molar-refractivity contribution in [1.82, 2.24) is 0 Å². The Morgan fingerprint density at radius 1 is 0.397 bits per heavy atom. The lowest BCUT2D eigenvalue weighted by atomic mass is 10.0. The Kier molecular flexibility index (Phi) is 46.9. The molecule has 58 heavy (non-hydrogen) atoms. The molecule has 1 unspecified atom stereocenters. The maximum absolute atomic E-state index is 12.7. The van der Waals surface area contributed by atoms with Gasteiger partial charge in [-0.3, -0.25) is 9.59 Å². The molecule has 0 aromatic carbocycles. The minimum absolute atomic E-state index is 0.0560. The Morgan fingerprint density at radius 2 is 0.810 bits per heavy atom. The summed E-state index contributed by atoms with van der Waals surface area (Å²) in [5.41, 5.74) is 0. The second kappa shape index (κ2) is 49.0. The maximum Gasteiger partial charge on any atom is 0.306 e. The number of unbranched alkanes of at least 4 members (excludes halogenated alkanes) is 24. The summed E-state index contributed by atoms with van der Waals surface area (Å²) in [5.74, 6) is -0.487. The third kappa shape index (κ3) is 46.3. The summed E-state index contributed by atoms with van der Waals surface area (Å²) in [5, 5.41) is 0. The van der Waals surface area contributed by atoms with Gasteiger partial charge in [-0.05, 0) is 70.6 Å². The minimum Gasteiger partial charge on any atom is -0.462 e. The molecule has 5 heteroatoms. The van der Waals surface area contributed by atoms with E-state index in [4.69, 9.17) is 14.2 Å². The number of carbonyl (C=O) groups is 2. The predicted octanol–water partition coefficient (Wildman–Crippen LogP) is 16.6. The van der Waals surface area contributed by atoms with E-state index in [-0.39, 0.29) is 25.2 Å². The molecule has 0 amide bonds. The van der Waals surface area contributed by atoms with Crippen LogP contribution in [0.25, 0.3) is 0 Å². The Hall–Kier alpha value is -2.40. The normalized spacial score (nSPS) is 12.7. The van der Waals surface area contributed by atoms with Crippen molar-refractivity contribution in [1.29, 1.82) is 0 Å². The Bertz CT molecular complexity index is 1010. The van der Waals surface area contributed by atoms with Gasteiger partial charge in [0.05, 0.1) is 6.61 Å². The SMILES string of the molecule is CC/C=C\C/C=C\C/C=C\C/C=C\CCC(=O)OC(COCCCCCCCC/C=C\CCCCCC)COC(=O)CCCCCCCCCCCCCCCCC. The monoisotopic (exact) mass is 811 g/mol. The number of rotatable bonds is 45. The first-order valence-corrected chi connectivity index (χ1v) is 24.8. The van der Waals surface area contributed by atoms with Crippen LogP contribution in [0.1, 0.15) is 239 Å². The highest BCUT2D eigenvalue weighted by Crippen LogP contribution is 2.15. The molecular formula is C53H94O5. The number of hydrogen-bond acceptors (Lipinski definition) is 5. The lowest BCUT2D eigenvalue weighted by Gasteiger charge is -2.18. The molecule has 5 nitrogen and oxygen atoms in total. The van der Waals surface area contributed by atoms with Crippen LogP contribution in [0.3, 0.4) is 0 Å². The van der Waals surface area contributed by atoms with Crippen LogP contribution in [0.5, 0.6) is 0 Å². The molecule has 0 saturated carbocycles. The third-order valence-corrected chi connectivity index (χ3v) is 10.6. The van der Waals surface area contributed by atoms with Gasteiger partial charge in [0.15, 0.2) is 6.10 Å². The summed E-state index contributed by atoms with van der Waals surface area (Å²) in [4.78, 5) is 25.3. The van der Waals surface area contributed by atoms with Crippen LogP contribution in [0.15, 0.2) is 60.8 Å². The molecule has 0 spiro atoms. The molecule has 0 N–H and O–H groups in total. The van der Waals surface area contributed by atoms with Gasteiger partial charge in [0.25, 0.3) is 0 Å². The van der Waals surface area contributed by atoms with Gasteiger partial charge in [-0.2, -0.15) is 0 Å². The number of carbonyl (C=O) groups excluding carboxylic acids is 2. The maximum atomic E-state index is 12.7. The predicted molar refractivity (Wildman–Crippen MR) is 251 cm³/mol. The summed E-state index contributed by atoms with van der Waals surface area (Å²) >= 11 is 0. The van der Waals surface area contributed by atoms with Crippen LogP contribution in [-0.2, 0) is 23.8 Å². The molecule has 0 aliphatic carbocycles. The highest BCUT2D eigenvalue weighted by atomic mass is 16.6. The fourth-order valence-electron chi connectivity index (χ4n) is 6.87. The van der Waals surface area contributed by atoms with Gasteiger partial charge in [0.1, 0.15) is 6.61 Å². The van der Waals surface area contributed by atoms with Crippen molar-refractivity contribution < 1.29 is 23.8 Å². The highest BCUT2D eigenvalue weighted by molar-refractivity contribution is 5.70. The fourth-order valence-corrected chi connectivity index (χ4v) is 6.87. The summed E-state index contributed by atoms with van der Waals surface area (Å²) in [6.45, 7) is 7.63. The van der Waals surface area contributed by atoms with E-state index in [0.717, 1.165) is 51.4 Å². The Morgan fingerprint density at radius 3 is 1.33 bits per heavy atom. The van der Waals surface area contributed by atoms with Crippen molar-refractivity contribution in [3.63, 3.8) is 0 Å². The average Bonchev–Trinajstić information content (AvgIpc) is 3.22. The van der Waals surface area contributed by atoms with E-state index >= 15 is 0 Å². The van der Waals surface area contributed by atoms with Crippen LogP contribution >= 0.6 is 0 Å². The first-order valence-electron chi connectivity index (χ1n) is 24.8. The zero-order valence-corrected chi connectivity index (χ0v) is 38.6. The fraction of sp³-hybridized carbons (Fsp3) is 0.774. The molecular weight excluding hydrogens is 717 g/mol. The molecule has 0 aliphatic heterocycles. The van der Waals surface area contributed by atoms with Crippen molar-refractivity contribution in [2.75, 3.05) is 19.8 Å². The Balaban J connectivity index is 4.33. The Labute approximate surface area is 360 Å². The summed E-state index contributed by atoms with van der Waals surface area (Å²) in [7, 11) is 0. The van der Waals surface area contributed by atoms with Crippen molar-refractivity contribution in [3.05, 3.63) is 60.8 Å². The first kappa shape index (κ1) is 55.6. The second-order valence-corrected chi connectivity index (χ2v) is 16.3. The first-order chi connectivity index (χ1) is 28.6. The second-order valence-electron chi connectivity index (χ2n) is 16.3. The standard InChI is InChI=1S/C53H94O5/c1-4-7-10-13-16-19-22-25-27-29-31-34-37-40-43-46-52(54)57-50-51(49-56-48-45-42-39-36-33-30-26-23-20-17-14-11-8-5-2)58-53(55)47-44-41-38-35-32-28-24-21-18-15-12-9-6-3/h9,12,18,20-21,23,28,32,38,41,51H,4-8,10-11,13-17,19,22,24-27,29-31,33-37,39-40,42-50H2,1-3H3/b12-9-,21-18-,23-20-,32-28-,41-38-. The van der Waals surface area contributed by atoms with Gasteiger partial charge in [0.2, 0.25) is 0 Å². The van der Waals surface area contributed by atoms with Crippen molar-refractivity contribution in [2.45, 2.75) is 245 Å². The van der Waals surface area contributed by atoms with E-state index in [1.165, 1.54) is 148 Å².